The minimum atomic E-state index is -0.318. The summed E-state index contributed by atoms with van der Waals surface area (Å²) in [6, 6.07) is 8.35. The van der Waals surface area contributed by atoms with E-state index in [1.165, 1.54) is 30.0 Å². The highest BCUT2D eigenvalue weighted by atomic mass is 35.5. The molecule has 0 saturated carbocycles. The van der Waals surface area contributed by atoms with Gasteiger partial charge in [-0.05, 0) is 30.3 Å². The Hall–Kier alpha value is -2.65. The van der Waals surface area contributed by atoms with Crippen molar-refractivity contribution in [2.45, 2.75) is 6.42 Å². The normalized spacial score (nSPS) is 12.2. The summed E-state index contributed by atoms with van der Waals surface area (Å²) in [6.07, 6.45) is -0.0437. The van der Waals surface area contributed by atoms with E-state index in [9.17, 15) is 9.59 Å². The van der Waals surface area contributed by atoms with Gasteiger partial charge in [0.2, 0.25) is 5.91 Å². The van der Waals surface area contributed by atoms with Crippen LogP contribution in [0.25, 0.3) is 10.8 Å². The van der Waals surface area contributed by atoms with E-state index in [2.05, 4.69) is 15.3 Å². The zero-order valence-corrected chi connectivity index (χ0v) is 16.3. The van der Waals surface area contributed by atoms with Crippen molar-refractivity contribution in [1.29, 1.82) is 0 Å². The molecular weight excluding hydrogens is 407 g/mol. The van der Waals surface area contributed by atoms with Crippen LogP contribution in [0.5, 0.6) is 0 Å². The van der Waals surface area contributed by atoms with Crippen LogP contribution in [0.3, 0.4) is 0 Å². The lowest BCUT2D eigenvalue weighted by Crippen LogP contribution is -2.24. The molecule has 4 rings (SSSR count). The van der Waals surface area contributed by atoms with Crippen LogP contribution in [-0.4, -0.2) is 22.8 Å². The Kier molecular flexibility index (Phi) is 4.72. The van der Waals surface area contributed by atoms with Crippen molar-refractivity contribution in [2.24, 2.45) is 7.05 Å². The quantitative estimate of drug-likeness (QED) is 0.386. The third kappa shape index (κ3) is 3.31. The van der Waals surface area contributed by atoms with Gasteiger partial charge >= 0.3 is 0 Å². The number of fused-ring (bicyclic) bond motifs is 2. The first kappa shape index (κ1) is 18.7. The van der Waals surface area contributed by atoms with Crippen LogP contribution in [0.15, 0.2) is 35.1 Å². The van der Waals surface area contributed by atoms with Gasteiger partial charge < -0.3 is 5.32 Å². The monoisotopic (exact) mass is 420 g/mol. The van der Waals surface area contributed by atoms with E-state index < -0.39 is 0 Å². The standard InChI is InChI=1S/C18H14Cl2N4O4/c1-23-18(26)11-7-13(20)12(19)6-10(11)14(22-23)8-17(25)21-9-3-4-15-16(5-9)24(15)28-27-2/h3-7H,8H2,1-2H3,(H,21,25). The highest BCUT2D eigenvalue weighted by molar-refractivity contribution is 6.42. The summed E-state index contributed by atoms with van der Waals surface area (Å²) >= 11 is 12.1. The SMILES string of the molecule is COON1c2ccc(NC(=O)Cc3nn(C)c(=O)c4cc(Cl)c(Cl)cc34)cc21. The van der Waals surface area contributed by atoms with Crippen LogP contribution in [0.2, 0.25) is 10.0 Å². The van der Waals surface area contributed by atoms with Crippen molar-refractivity contribution < 1.29 is 14.7 Å². The van der Waals surface area contributed by atoms with Gasteiger partial charge in [-0.2, -0.15) is 10.2 Å². The Morgan fingerprint density at radius 2 is 1.86 bits per heavy atom. The molecule has 0 fully saturated rings. The molecule has 3 aromatic rings. The van der Waals surface area contributed by atoms with Gasteiger partial charge in [0.15, 0.2) is 0 Å². The molecule has 1 aromatic heterocycles. The van der Waals surface area contributed by atoms with Gasteiger partial charge in [-0.1, -0.05) is 23.2 Å². The molecule has 0 radical (unpaired) electrons. The maximum Gasteiger partial charge on any atom is 0.274 e. The predicted octanol–water partition coefficient (Wildman–Crippen LogP) is 3.37. The molecule has 2 aromatic carbocycles. The number of carbonyl (C=O) groups excluding carboxylic acids is 1. The number of halogens is 2. The van der Waals surface area contributed by atoms with E-state index in [-0.39, 0.29) is 27.9 Å². The lowest BCUT2D eigenvalue weighted by molar-refractivity contribution is -0.267. The summed E-state index contributed by atoms with van der Waals surface area (Å²) in [4.78, 5) is 34.4. The first-order valence-corrected chi connectivity index (χ1v) is 8.94. The molecule has 10 heteroatoms. The predicted molar refractivity (Wildman–Crippen MR) is 106 cm³/mol. The first-order chi connectivity index (χ1) is 13.4. The maximum absolute atomic E-state index is 12.5. The van der Waals surface area contributed by atoms with Gasteiger partial charge in [0.25, 0.3) is 5.56 Å². The third-order valence-corrected chi connectivity index (χ3v) is 5.01. The summed E-state index contributed by atoms with van der Waals surface area (Å²) in [5.74, 6) is -0.293. The molecule has 28 heavy (non-hydrogen) atoms. The maximum atomic E-state index is 12.5. The molecule has 1 N–H and O–H groups in total. The zero-order chi connectivity index (χ0) is 20.0. The van der Waals surface area contributed by atoms with Gasteiger partial charge in [0, 0.05) is 18.1 Å². The van der Waals surface area contributed by atoms with Crippen LogP contribution in [0.1, 0.15) is 5.69 Å². The number of carbonyl (C=O) groups is 1. The molecule has 1 aliphatic rings. The Bertz CT molecular complexity index is 1180. The van der Waals surface area contributed by atoms with Crippen molar-refractivity contribution >= 4 is 56.9 Å². The van der Waals surface area contributed by atoms with Crippen LogP contribution in [0, 0.1) is 0 Å². The van der Waals surface area contributed by atoms with E-state index in [0.29, 0.717) is 22.2 Å². The molecule has 0 unspecified atom stereocenters. The minimum Gasteiger partial charge on any atom is -0.326 e. The van der Waals surface area contributed by atoms with Crippen LogP contribution < -0.4 is 15.9 Å². The molecule has 2 heterocycles. The van der Waals surface area contributed by atoms with E-state index in [0.717, 1.165) is 11.4 Å². The molecule has 0 atom stereocenters. The van der Waals surface area contributed by atoms with E-state index in [1.54, 1.807) is 24.3 Å². The summed E-state index contributed by atoms with van der Waals surface area (Å²) in [6.45, 7) is 0. The van der Waals surface area contributed by atoms with E-state index in [4.69, 9.17) is 28.2 Å². The van der Waals surface area contributed by atoms with E-state index in [1.807, 2.05) is 0 Å². The number of nitrogens with one attached hydrogen (secondary N) is 1. The van der Waals surface area contributed by atoms with Gasteiger partial charge in [-0.3, -0.25) is 9.59 Å². The molecule has 0 saturated heterocycles. The number of amides is 1. The Morgan fingerprint density at radius 3 is 2.57 bits per heavy atom. The fourth-order valence-corrected chi connectivity index (χ4v) is 3.29. The molecule has 1 amide bonds. The number of aryl methyl sites for hydroxylation is 1. The number of anilines is 3. The second kappa shape index (κ2) is 7.06. The number of hydrogen-bond donors (Lipinski definition) is 1. The highest BCUT2D eigenvalue weighted by Gasteiger charge is 2.31. The number of nitrogens with zero attached hydrogens (tertiary/aromatic N) is 3. The van der Waals surface area contributed by atoms with Crippen molar-refractivity contribution in [1.82, 2.24) is 9.78 Å². The Balaban J connectivity index is 1.59. The van der Waals surface area contributed by atoms with Crippen molar-refractivity contribution in [3.8, 4) is 0 Å². The minimum absolute atomic E-state index is 0.0437. The van der Waals surface area contributed by atoms with E-state index >= 15 is 0 Å². The summed E-state index contributed by atoms with van der Waals surface area (Å²) in [7, 11) is 2.93. The number of hydrogen-bond acceptors (Lipinski definition) is 6. The van der Waals surface area contributed by atoms with Crippen molar-refractivity contribution in [3.05, 3.63) is 56.4 Å². The van der Waals surface area contributed by atoms with Gasteiger partial charge in [0.1, 0.15) is 5.69 Å². The Morgan fingerprint density at radius 1 is 1.14 bits per heavy atom. The third-order valence-electron chi connectivity index (χ3n) is 4.29. The number of aromatic nitrogens is 2. The average Bonchev–Trinajstić information content (AvgIpc) is 3.33. The molecule has 0 aliphatic carbocycles. The summed E-state index contributed by atoms with van der Waals surface area (Å²) in [5, 5.41) is 9.91. The number of rotatable bonds is 5. The fourth-order valence-electron chi connectivity index (χ4n) is 2.96. The van der Waals surface area contributed by atoms with Crippen molar-refractivity contribution in [3.63, 3.8) is 0 Å². The van der Waals surface area contributed by atoms with Gasteiger partial charge in [-0.15, -0.1) is 4.99 Å². The van der Waals surface area contributed by atoms with Gasteiger partial charge in [-0.25, -0.2) is 9.57 Å². The van der Waals surface area contributed by atoms with Crippen LogP contribution >= 0.6 is 23.2 Å². The smallest absolute Gasteiger partial charge is 0.274 e. The number of benzene rings is 2. The summed E-state index contributed by atoms with van der Waals surface area (Å²) < 4.78 is 1.18. The molecule has 8 nitrogen and oxygen atoms in total. The topological polar surface area (TPSA) is 85.5 Å². The van der Waals surface area contributed by atoms with Crippen molar-refractivity contribution in [2.75, 3.05) is 17.5 Å². The Labute approximate surface area is 169 Å². The summed E-state index contributed by atoms with van der Waals surface area (Å²) in [5.41, 5.74) is 2.36. The van der Waals surface area contributed by atoms with Gasteiger partial charge in [0.05, 0.1) is 40.3 Å². The molecule has 0 spiro atoms. The molecule has 1 aliphatic heterocycles. The average molecular weight is 421 g/mol. The lowest BCUT2D eigenvalue weighted by Gasteiger charge is -2.10. The second-order valence-electron chi connectivity index (χ2n) is 6.15. The zero-order valence-electron chi connectivity index (χ0n) is 14.8. The first-order valence-electron chi connectivity index (χ1n) is 8.19. The molecule has 144 valence electrons. The largest absolute Gasteiger partial charge is 0.326 e. The lowest BCUT2D eigenvalue weighted by atomic mass is 10.1. The fraction of sp³-hybridized carbons (Fsp3) is 0.167. The second-order valence-corrected chi connectivity index (χ2v) is 6.97. The molecule has 0 bridgehead atoms. The van der Waals surface area contributed by atoms with Crippen LogP contribution in [-0.2, 0) is 28.1 Å². The highest BCUT2D eigenvalue weighted by Crippen LogP contribution is 2.49. The molecular formula is C18H14Cl2N4O4. The van der Waals surface area contributed by atoms with Crippen LogP contribution in [0.4, 0.5) is 17.1 Å².